The summed E-state index contributed by atoms with van der Waals surface area (Å²) in [6.07, 6.45) is 1.40. The fourth-order valence-electron chi connectivity index (χ4n) is 4.21. The third kappa shape index (κ3) is 4.47. The molecule has 0 spiro atoms. The lowest BCUT2D eigenvalue weighted by Gasteiger charge is -2.26. The molecule has 1 aliphatic rings. The van der Waals surface area contributed by atoms with Gasteiger partial charge in [-0.1, -0.05) is 47.8 Å². The number of fused-ring (bicyclic) bond motifs is 1. The monoisotopic (exact) mass is 483 g/mol. The molecule has 2 aromatic carbocycles. The highest BCUT2D eigenvalue weighted by Crippen LogP contribution is 2.47. The van der Waals surface area contributed by atoms with Crippen LogP contribution < -0.4 is 9.64 Å². The second-order valence-electron chi connectivity index (χ2n) is 7.57. The predicted molar refractivity (Wildman–Crippen MR) is 124 cm³/mol. The van der Waals surface area contributed by atoms with Crippen LogP contribution in [0.1, 0.15) is 57.1 Å². The highest BCUT2D eigenvalue weighted by molar-refractivity contribution is 9.10. The Balaban J connectivity index is 1.79. The zero-order valence-electron chi connectivity index (χ0n) is 17.9. The molecule has 0 fully saturated rings. The summed E-state index contributed by atoms with van der Waals surface area (Å²) in [6, 6.07) is 13.2. The molecule has 1 N–H and O–H groups in total. The first-order valence-corrected chi connectivity index (χ1v) is 11.1. The normalized spacial score (nSPS) is 15.1. The van der Waals surface area contributed by atoms with E-state index in [9.17, 15) is 9.59 Å². The molecular weight excluding hydrogens is 458 g/mol. The van der Waals surface area contributed by atoms with Gasteiger partial charge in [0.15, 0.2) is 6.73 Å². The molecule has 0 bridgehead atoms. The summed E-state index contributed by atoms with van der Waals surface area (Å²) in [7, 11) is 0. The molecule has 0 aromatic heterocycles. The van der Waals surface area contributed by atoms with E-state index in [4.69, 9.17) is 9.84 Å². The lowest BCUT2D eigenvalue weighted by Crippen LogP contribution is -2.41. The molecule has 0 aliphatic carbocycles. The van der Waals surface area contributed by atoms with E-state index in [0.717, 1.165) is 34.1 Å². The summed E-state index contributed by atoms with van der Waals surface area (Å²) in [4.78, 5) is 26.2. The van der Waals surface area contributed by atoms with Crippen molar-refractivity contribution in [2.45, 2.75) is 51.4 Å². The molecule has 1 heterocycles. The first-order valence-electron chi connectivity index (χ1n) is 10.3. The summed E-state index contributed by atoms with van der Waals surface area (Å²) in [5, 5.41) is 9.10. The molecule has 0 radical (unpaired) electrons. The van der Waals surface area contributed by atoms with Gasteiger partial charge in [-0.25, -0.2) is 0 Å². The maximum atomic E-state index is 13.4. The molecule has 0 saturated carbocycles. The number of aliphatic carboxylic acids is 1. The van der Waals surface area contributed by atoms with Crippen molar-refractivity contribution in [3.63, 3.8) is 0 Å². The molecule has 31 heavy (non-hydrogen) atoms. The van der Waals surface area contributed by atoms with Crippen molar-refractivity contribution in [1.82, 2.24) is 0 Å². The van der Waals surface area contributed by atoms with E-state index in [2.05, 4.69) is 27.8 Å². The fourth-order valence-corrected chi connectivity index (χ4v) is 4.57. The quantitative estimate of drug-likeness (QED) is 0.505. The number of hydrogen-bond acceptors (Lipinski definition) is 3. The number of benzene rings is 2. The number of rotatable bonds is 8. The number of nitrogens with zero attached hydrogens (tertiary/aromatic N) is 1. The molecule has 1 amide bonds. The van der Waals surface area contributed by atoms with Crippen LogP contribution in [0.5, 0.6) is 5.75 Å². The van der Waals surface area contributed by atoms with Gasteiger partial charge in [0.25, 0.3) is 0 Å². The van der Waals surface area contributed by atoms with Gasteiger partial charge in [0.2, 0.25) is 5.91 Å². The summed E-state index contributed by atoms with van der Waals surface area (Å²) >= 11 is 3.53. The maximum absolute atomic E-state index is 13.4. The number of ether oxygens (including phenoxy) is 1. The Morgan fingerprint density at radius 3 is 2.45 bits per heavy atom. The summed E-state index contributed by atoms with van der Waals surface area (Å²) in [5.74, 6) is 5.15. The number of carboxylic acid groups (broad SMARTS) is 1. The average molecular weight is 484 g/mol. The van der Waals surface area contributed by atoms with Gasteiger partial charge in [-0.15, -0.1) is 5.92 Å². The Hall–Kier alpha value is -2.78. The van der Waals surface area contributed by atoms with Gasteiger partial charge in [0.05, 0.1) is 23.4 Å². The number of amides is 1. The molecule has 3 rings (SSSR count). The van der Waals surface area contributed by atoms with Gasteiger partial charge in [-0.2, -0.15) is 0 Å². The molecule has 1 atom stereocenters. The molecule has 2 aromatic rings. The Labute approximate surface area is 191 Å². The van der Waals surface area contributed by atoms with E-state index >= 15 is 0 Å². The number of carbonyl (C=O) groups excluding carboxylic acids is 1. The van der Waals surface area contributed by atoms with Crippen LogP contribution in [0.3, 0.4) is 0 Å². The second-order valence-corrected chi connectivity index (χ2v) is 8.49. The largest absolute Gasteiger partial charge is 0.481 e. The van der Waals surface area contributed by atoms with Crippen LogP contribution in [0.2, 0.25) is 0 Å². The van der Waals surface area contributed by atoms with Crippen molar-refractivity contribution in [2.75, 3.05) is 11.6 Å². The van der Waals surface area contributed by atoms with Crippen LogP contribution in [0.15, 0.2) is 46.9 Å². The molecular formula is C25H26BrNO4. The van der Waals surface area contributed by atoms with Crippen molar-refractivity contribution < 1.29 is 19.4 Å². The minimum absolute atomic E-state index is 0.0498. The van der Waals surface area contributed by atoms with Gasteiger partial charge < -0.3 is 9.84 Å². The lowest BCUT2D eigenvalue weighted by molar-refractivity contribution is -0.137. The van der Waals surface area contributed by atoms with E-state index in [1.165, 1.54) is 0 Å². The Morgan fingerprint density at radius 1 is 1.19 bits per heavy atom. The highest BCUT2D eigenvalue weighted by Gasteiger charge is 2.48. The van der Waals surface area contributed by atoms with Crippen LogP contribution in [-0.2, 0) is 15.0 Å². The molecule has 0 saturated heterocycles. The summed E-state index contributed by atoms with van der Waals surface area (Å²) < 4.78 is 6.90. The van der Waals surface area contributed by atoms with Crippen LogP contribution >= 0.6 is 15.9 Å². The topological polar surface area (TPSA) is 66.8 Å². The van der Waals surface area contributed by atoms with E-state index in [0.29, 0.717) is 5.75 Å². The van der Waals surface area contributed by atoms with Crippen LogP contribution in [-0.4, -0.2) is 23.7 Å². The van der Waals surface area contributed by atoms with Crippen molar-refractivity contribution in [3.05, 3.63) is 58.1 Å². The average Bonchev–Trinajstić information content (AvgIpc) is 2.99. The van der Waals surface area contributed by atoms with Gasteiger partial charge in [0.1, 0.15) is 5.75 Å². The Morgan fingerprint density at radius 2 is 1.87 bits per heavy atom. The lowest BCUT2D eigenvalue weighted by atomic mass is 9.77. The van der Waals surface area contributed by atoms with Gasteiger partial charge in [-0.3, -0.25) is 14.5 Å². The zero-order chi connectivity index (χ0) is 22.6. The first kappa shape index (κ1) is 22.9. The highest BCUT2D eigenvalue weighted by atomic mass is 79.9. The van der Waals surface area contributed by atoms with E-state index in [-0.39, 0.29) is 25.0 Å². The number of halogens is 1. The summed E-state index contributed by atoms with van der Waals surface area (Å²) in [6.45, 7) is 5.90. The van der Waals surface area contributed by atoms with Crippen molar-refractivity contribution >= 4 is 33.5 Å². The third-order valence-electron chi connectivity index (χ3n) is 5.97. The van der Waals surface area contributed by atoms with Gasteiger partial charge in [0, 0.05) is 4.47 Å². The van der Waals surface area contributed by atoms with Gasteiger partial charge in [-0.05, 0) is 61.2 Å². The summed E-state index contributed by atoms with van der Waals surface area (Å²) in [5.41, 5.74) is 2.21. The standard InChI is InChI=1S/C25H26BrNO4/c1-4-7-18(14-23(28)29)17-8-11-20(12-9-17)31-16-27-22-13-10-19(26)15-21(22)25(5-2,6-3)24(27)30/h8-13,15,18H,5-6,14,16H2,1-3H3,(H,28,29). The first-order chi connectivity index (χ1) is 14.9. The Kier molecular flexibility index (Phi) is 7.07. The number of carboxylic acids is 1. The minimum atomic E-state index is -0.888. The molecule has 162 valence electrons. The Bertz CT molecular complexity index is 1030. The SMILES string of the molecule is CC#CC(CC(=O)O)c1ccc(OCN2C(=O)C(CC)(CC)c3cc(Br)ccc32)cc1. The van der Waals surface area contributed by atoms with Crippen molar-refractivity contribution in [2.24, 2.45) is 0 Å². The van der Waals surface area contributed by atoms with Crippen LogP contribution in [0, 0.1) is 11.8 Å². The van der Waals surface area contributed by atoms with Crippen LogP contribution in [0.4, 0.5) is 5.69 Å². The molecule has 1 aliphatic heterocycles. The minimum Gasteiger partial charge on any atom is -0.481 e. The number of carbonyl (C=O) groups is 2. The number of hydrogen-bond donors (Lipinski definition) is 1. The van der Waals surface area contributed by atoms with Crippen molar-refractivity contribution in [3.8, 4) is 17.6 Å². The number of anilines is 1. The maximum Gasteiger partial charge on any atom is 0.304 e. The van der Waals surface area contributed by atoms with Crippen LogP contribution in [0.25, 0.3) is 0 Å². The van der Waals surface area contributed by atoms with E-state index in [1.807, 2.05) is 44.2 Å². The predicted octanol–water partition coefficient (Wildman–Crippen LogP) is 5.47. The second kappa shape index (κ2) is 9.57. The molecule has 5 nitrogen and oxygen atoms in total. The van der Waals surface area contributed by atoms with Gasteiger partial charge >= 0.3 is 5.97 Å². The van der Waals surface area contributed by atoms with E-state index in [1.54, 1.807) is 24.0 Å². The zero-order valence-corrected chi connectivity index (χ0v) is 19.5. The van der Waals surface area contributed by atoms with E-state index < -0.39 is 11.4 Å². The molecule has 1 unspecified atom stereocenters. The fraction of sp³-hybridized carbons (Fsp3) is 0.360. The smallest absolute Gasteiger partial charge is 0.304 e. The van der Waals surface area contributed by atoms with Crippen molar-refractivity contribution in [1.29, 1.82) is 0 Å². The molecule has 6 heteroatoms. The third-order valence-corrected chi connectivity index (χ3v) is 6.46.